The minimum Gasteiger partial charge on any atom is -0.396 e. The first-order valence-electron chi connectivity index (χ1n) is 5.51. The number of carbonyl (C=O) groups excluding carboxylic acids is 2. The number of allylic oxidation sites excluding steroid dienone is 2. The monoisotopic (exact) mass is 212 g/mol. The van der Waals surface area contributed by atoms with E-state index in [2.05, 4.69) is 6.92 Å². The van der Waals surface area contributed by atoms with Gasteiger partial charge in [-0.25, -0.2) is 0 Å². The Bertz CT molecular complexity index is 209. The van der Waals surface area contributed by atoms with Crippen LogP contribution >= 0.6 is 0 Å². The Hall–Kier alpha value is -0.960. The van der Waals surface area contributed by atoms with E-state index in [1.54, 1.807) is 6.08 Å². The van der Waals surface area contributed by atoms with Gasteiger partial charge in [0.1, 0.15) is 6.29 Å². The van der Waals surface area contributed by atoms with Gasteiger partial charge < -0.3 is 9.90 Å². The van der Waals surface area contributed by atoms with Crippen molar-refractivity contribution in [2.75, 3.05) is 6.61 Å². The number of rotatable bonds is 9. The molecule has 0 aromatic heterocycles. The maximum atomic E-state index is 11.5. The molecule has 0 aromatic carbocycles. The van der Waals surface area contributed by atoms with Crippen LogP contribution in [0, 0.1) is 5.92 Å². The van der Waals surface area contributed by atoms with Crippen molar-refractivity contribution in [3.05, 3.63) is 12.2 Å². The van der Waals surface area contributed by atoms with Crippen molar-refractivity contribution in [2.45, 2.75) is 39.0 Å². The fraction of sp³-hybridized carbons (Fsp3) is 0.667. The van der Waals surface area contributed by atoms with Gasteiger partial charge in [-0.15, -0.1) is 0 Å². The normalized spacial score (nSPS) is 12.9. The summed E-state index contributed by atoms with van der Waals surface area (Å²) in [5.74, 6) is -0.297. The highest BCUT2D eigenvalue weighted by Gasteiger charge is 2.13. The van der Waals surface area contributed by atoms with Gasteiger partial charge in [0.05, 0.1) is 6.61 Å². The van der Waals surface area contributed by atoms with E-state index >= 15 is 0 Å². The smallest absolute Gasteiger partial charge is 0.160 e. The highest BCUT2D eigenvalue weighted by molar-refractivity contribution is 5.91. The Kier molecular flexibility index (Phi) is 8.98. The predicted molar refractivity (Wildman–Crippen MR) is 59.5 cm³/mol. The standard InChI is InChI=1S/C12H20O3/c1-2-3-7-11(10-14)12(15)8-5-4-6-9-13/h5,8-9,11,14H,2-4,6-7,10H2,1H3. The molecular weight excluding hydrogens is 192 g/mol. The summed E-state index contributed by atoms with van der Waals surface area (Å²) in [6, 6.07) is 0. The lowest BCUT2D eigenvalue weighted by Crippen LogP contribution is -2.16. The number of hydrogen-bond donors (Lipinski definition) is 1. The lowest BCUT2D eigenvalue weighted by Gasteiger charge is -2.09. The highest BCUT2D eigenvalue weighted by atomic mass is 16.3. The summed E-state index contributed by atoms with van der Waals surface area (Å²) in [6.45, 7) is 1.97. The molecule has 0 aliphatic rings. The molecule has 0 rings (SSSR count). The van der Waals surface area contributed by atoms with Crippen LogP contribution in [0.2, 0.25) is 0 Å². The van der Waals surface area contributed by atoms with Gasteiger partial charge in [0.15, 0.2) is 5.78 Å². The van der Waals surface area contributed by atoms with Crippen LogP contribution in [0.3, 0.4) is 0 Å². The zero-order chi connectivity index (χ0) is 11.5. The Morgan fingerprint density at radius 3 is 2.67 bits per heavy atom. The summed E-state index contributed by atoms with van der Waals surface area (Å²) in [7, 11) is 0. The number of carbonyl (C=O) groups is 2. The summed E-state index contributed by atoms with van der Waals surface area (Å²) in [5.41, 5.74) is 0. The van der Waals surface area contributed by atoms with E-state index in [-0.39, 0.29) is 18.3 Å². The van der Waals surface area contributed by atoms with Gasteiger partial charge >= 0.3 is 0 Å². The lowest BCUT2D eigenvalue weighted by atomic mass is 9.98. The fourth-order valence-electron chi connectivity index (χ4n) is 1.27. The van der Waals surface area contributed by atoms with Crippen LogP contribution in [-0.2, 0) is 9.59 Å². The molecule has 3 heteroatoms. The van der Waals surface area contributed by atoms with Crippen molar-refractivity contribution in [1.29, 1.82) is 0 Å². The Labute approximate surface area is 91.2 Å². The van der Waals surface area contributed by atoms with Crippen LogP contribution in [0.25, 0.3) is 0 Å². The minimum atomic E-state index is -0.266. The maximum absolute atomic E-state index is 11.5. The van der Waals surface area contributed by atoms with Crippen molar-refractivity contribution in [2.24, 2.45) is 5.92 Å². The highest BCUT2D eigenvalue weighted by Crippen LogP contribution is 2.10. The zero-order valence-electron chi connectivity index (χ0n) is 9.32. The first-order chi connectivity index (χ1) is 7.26. The molecule has 0 aliphatic heterocycles. The summed E-state index contributed by atoms with van der Waals surface area (Å²) < 4.78 is 0. The Morgan fingerprint density at radius 2 is 2.13 bits per heavy atom. The molecule has 0 saturated carbocycles. The molecule has 0 heterocycles. The summed E-state index contributed by atoms with van der Waals surface area (Å²) >= 11 is 0. The van der Waals surface area contributed by atoms with Crippen LogP contribution < -0.4 is 0 Å². The van der Waals surface area contributed by atoms with Crippen molar-refractivity contribution in [3.8, 4) is 0 Å². The molecule has 0 radical (unpaired) electrons. The van der Waals surface area contributed by atoms with Crippen molar-refractivity contribution >= 4 is 12.1 Å². The third kappa shape index (κ3) is 7.03. The molecule has 1 N–H and O–H groups in total. The first kappa shape index (κ1) is 14.0. The second-order valence-electron chi connectivity index (χ2n) is 3.57. The molecule has 3 nitrogen and oxygen atoms in total. The SMILES string of the molecule is CCCCC(CO)C(=O)C=CCCC=O. The molecule has 1 atom stereocenters. The molecule has 0 saturated heterocycles. The predicted octanol–water partition coefficient (Wildman–Crippen LogP) is 1.89. The first-order valence-corrected chi connectivity index (χ1v) is 5.51. The quantitative estimate of drug-likeness (QED) is 0.361. The third-order valence-electron chi connectivity index (χ3n) is 2.26. The summed E-state index contributed by atoms with van der Waals surface area (Å²) in [6.07, 6.45) is 7.78. The molecule has 0 bridgehead atoms. The summed E-state index contributed by atoms with van der Waals surface area (Å²) in [4.78, 5) is 21.5. The Morgan fingerprint density at radius 1 is 1.40 bits per heavy atom. The molecule has 0 aromatic rings. The van der Waals surface area contributed by atoms with E-state index < -0.39 is 0 Å². The lowest BCUT2D eigenvalue weighted by molar-refractivity contribution is -0.119. The average Bonchev–Trinajstić information content (AvgIpc) is 2.25. The fourth-order valence-corrected chi connectivity index (χ4v) is 1.27. The molecule has 15 heavy (non-hydrogen) atoms. The van der Waals surface area contributed by atoms with E-state index in [0.29, 0.717) is 12.8 Å². The number of aldehydes is 1. The molecular formula is C12H20O3. The van der Waals surface area contributed by atoms with Crippen molar-refractivity contribution in [3.63, 3.8) is 0 Å². The number of aliphatic hydroxyl groups is 1. The minimum absolute atomic E-state index is 0.0307. The van der Waals surface area contributed by atoms with Crippen molar-refractivity contribution in [1.82, 2.24) is 0 Å². The number of ketones is 1. The summed E-state index contributed by atoms with van der Waals surface area (Å²) in [5, 5.41) is 9.01. The van der Waals surface area contributed by atoms with Gasteiger partial charge in [0, 0.05) is 12.3 Å². The van der Waals surface area contributed by atoms with Gasteiger partial charge in [0.2, 0.25) is 0 Å². The van der Waals surface area contributed by atoms with Gasteiger partial charge in [0.25, 0.3) is 0 Å². The number of aliphatic hydroxyl groups excluding tert-OH is 1. The topological polar surface area (TPSA) is 54.4 Å². The molecule has 86 valence electrons. The number of hydrogen-bond acceptors (Lipinski definition) is 3. The van der Waals surface area contributed by atoms with Crippen LogP contribution in [0.4, 0.5) is 0 Å². The molecule has 0 fully saturated rings. The molecule has 0 amide bonds. The molecule has 1 unspecified atom stereocenters. The zero-order valence-corrected chi connectivity index (χ0v) is 9.32. The van der Waals surface area contributed by atoms with Crippen LogP contribution in [0.15, 0.2) is 12.2 Å². The van der Waals surface area contributed by atoms with E-state index in [0.717, 1.165) is 25.5 Å². The average molecular weight is 212 g/mol. The van der Waals surface area contributed by atoms with Gasteiger partial charge in [-0.2, -0.15) is 0 Å². The van der Waals surface area contributed by atoms with E-state index in [9.17, 15) is 9.59 Å². The van der Waals surface area contributed by atoms with Gasteiger partial charge in [-0.05, 0) is 18.9 Å². The largest absolute Gasteiger partial charge is 0.396 e. The van der Waals surface area contributed by atoms with Crippen LogP contribution in [0.5, 0.6) is 0 Å². The number of unbranched alkanes of at least 4 members (excludes halogenated alkanes) is 2. The van der Waals surface area contributed by atoms with E-state index in [4.69, 9.17) is 5.11 Å². The third-order valence-corrected chi connectivity index (χ3v) is 2.26. The molecule has 0 spiro atoms. The van der Waals surface area contributed by atoms with Gasteiger partial charge in [-0.3, -0.25) is 4.79 Å². The van der Waals surface area contributed by atoms with Crippen LogP contribution in [0.1, 0.15) is 39.0 Å². The second kappa shape index (κ2) is 9.59. The second-order valence-corrected chi connectivity index (χ2v) is 3.57. The van der Waals surface area contributed by atoms with E-state index in [1.165, 1.54) is 6.08 Å². The van der Waals surface area contributed by atoms with Gasteiger partial charge in [-0.1, -0.05) is 25.8 Å². The maximum Gasteiger partial charge on any atom is 0.160 e. The van der Waals surface area contributed by atoms with Crippen LogP contribution in [-0.4, -0.2) is 23.8 Å². The van der Waals surface area contributed by atoms with Crippen molar-refractivity contribution < 1.29 is 14.7 Å². The van der Waals surface area contributed by atoms with E-state index in [1.807, 2.05) is 0 Å². The molecule has 0 aliphatic carbocycles. The Balaban J connectivity index is 3.91.